The highest BCUT2D eigenvalue weighted by Gasteiger charge is 2.14. The largest absolute Gasteiger partial charge is 0.0683 e. The Kier molecular flexibility index (Phi) is 59.8. The molecule has 0 nitrogen and oxygen atoms in total. The van der Waals surface area contributed by atoms with Crippen molar-refractivity contribution in [1.29, 1.82) is 0 Å². The van der Waals surface area contributed by atoms with E-state index >= 15 is 0 Å². The van der Waals surface area contributed by atoms with Crippen LogP contribution in [0.2, 0.25) is 0 Å². The lowest BCUT2D eigenvalue weighted by Gasteiger charge is -2.18. The molecule has 0 aliphatic rings. The fourth-order valence-electron chi connectivity index (χ4n) is 9.04. The molecule has 0 amide bonds. The van der Waals surface area contributed by atoms with Crippen molar-refractivity contribution in [3.05, 3.63) is 289 Å². The van der Waals surface area contributed by atoms with E-state index in [4.69, 9.17) is 0 Å². The van der Waals surface area contributed by atoms with Gasteiger partial charge in [0.25, 0.3) is 0 Å². The van der Waals surface area contributed by atoms with Crippen molar-refractivity contribution in [1.82, 2.24) is 0 Å². The third kappa shape index (κ3) is 33.5. The minimum absolute atomic E-state index is 0.483. The number of benzene rings is 10. The summed E-state index contributed by atoms with van der Waals surface area (Å²) < 4.78 is 0. The topological polar surface area (TPSA) is 0 Å². The molecule has 0 aromatic heterocycles. The van der Waals surface area contributed by atoms with Crippen LogP contribution in [0.15, 0.2) is 267 Å². The fraction of sp³-hybridized carbons (Fsp3) is 0.348. The maximum Gasteiger partial charge on any atom is -0.0143 e. The van der Waals surface area contributed by atoms with E-state index in [9.17, 15) is 0 Å². The summed E-state index contributed by atoms with van der Waals surface area (Å²) >= 11 is 0. The van der Waals surface area contributed by atoms with E-state index in [1.807, 2.05) is 151 Å². The molecule has 0 radical (unpaired) electrons. The Balaban J connectivity index is -0.000000517. The second-order valence-electron chi connectivity index (χ2n) is 19.6. The molecule has 0 heteroatoms. The molecule has 10 rings (SSSR count). The summed E-state index contributed by atoms with van der Waals surface area (Å²) in [6.07, 6.45) is 0. The van der Waals surface area contributed by atoms with Gasteiger partial charge in [0, 0.05) is 0 Å². The lowest BCUT2D eigenvalue weighted by molar-refractivity contribution is 0.867. The highest BCUT2D eigenvalue weighted by molar-refractivity contribution is 5.79. The molecule has 0 unspecified atom stereocenters. The normalized spacial score (nSPS) is 9.04. The third-order valence-electron chi connectivity index (χ3n) is 13.1. The van der Waals surface area contributed by atoms with Crippen molar-refractivity contribution in [2.45, 2.75) is 218 Å². The van der Waals surface area contributed by atoms with Crippen LogP contribution in [0.3, 0.4) is 0 Å². The summed E-state index contributed by atoms with van der Waals surface area (Å²) in [5.41, 5.74) is 21.2. The SMILES string of the molecule is CC.CC.CC.CC.CC.CC.CC.CC.CC.CC.CC(C)c1c(-c2ccccc2)cccc1-c1ccccc1.CC(C)c1ccc(-c2ccc(-c3ccccc3)cc2)cc1.CC(C)c1ccc(-c2ccccc2)cc1.CC(C)c1ccccc1-c1ccccc1. The molecule has 0 atom stereocenters. The first-order valence-electron chi connectivity index (χ1n) is 35.9. The quantitative estimate of drug-likeness (QED) is 0.128. The summed E-state index contributed by atoms with van der Waals surface area (Å²) in [6, 6.07) is 94.6. The molecule has 10 aromatic rings. The summed E-state index contributed by atoms with van der Waals surface area (Å²) in [4.78, 5) is 0. The molecular formula is C92H132. The Morgan fingerprint density at radius 3 is 0.587 bits per heavy atom. The standard InChI is InChI=1S/2C21H20.2C15H16.10C2H6/c1-16(2)21-19(17-10-5-3-6-11-17)14-9-15-20(21)18-12-7-4-8-13-18;1-16(2)17-8-10-20(11-9-17)21-14-12-19(13-15-21)18-6-4-3-5-7-18;1-12(2)14-10-6-7-11-15(14)13-8-4-3-5-9-13;1-12(2)13-8-10-15(11-9-13)14-6-4-3-5-7-14;10*1-2/h2*3-16H,1-2H3;2*3-12H,1-2H3;10*1-2H3. The van der Waals surface area contributed by atoms with Gasteiger partial charge in [-0.05, 0) is 113 Å². The van der Waals surface area contributed by atoms with Gasteiger partial charge in [-0.25, -0.2) is 0 Å². The van der Waals surface area contributed by atoms with Crippen LogP contribution in [0.1, 0.15) is 240 Å². The Morgan fingerprint density at radius 1 is 0.152 bits per heavy atom. The Bertz CT molecular complexity index is 3030. The maximum absolute atomic E-state index is 2.27. The average Bonchev–Trinajstić information content (AvgIpc) is 1.84. The Labute approximate surface area is 570 Å². The highest BCUT2D eigenvalue weighted by Crippen LogP contribution is 2.37. The van der Waals surface area contributed by atoms with Gasteiger partial charge >= 0.3 is 0 Å². The molecule has 0 bridgehead atoms. The molecule has 0 fully saturated rings. The zero-order valence-electron chi connectivity index (χ0n) is 63.7. The van der Waals surface area contributed by atoms with Gasteiger partial charge in [0.15, 0.2) is 0 Å². The lowest BCUT2D eigenvalue weighted by Crippen LogP contribution is -1.96. The monoisotopic (exact) mass is 1240 g/mol. The van der Waals surface area contributed by atoms with Crippen LogP contribution in [0, 0.1) is 0 Å². The highest BCUT2D eigenvalue weighted by atomic mass is 14.2. The minimum Gasteiger partial charge on any atom is -0.0683 e. The Hall–Kier alpha value is -7.80. The average molecular weight is 1240 g/mol. The van der Waals surface area contributed by atoms with Crippen LogP contribution in [-0.2, 0) is 0 Å². The molecular weight excluding hydrogens is 1110 g/mol. The first kappa shape index (κ1) is 90.6. The third-order valence-corrected chi connectivity index (χ3v) is 13.1. The number of hydrogen-bond donors (Lipinski definition) is 0. The Morgan fingerprint density at radius 2 is 0.348 bits per heavy atom. The molecule has 92 heavy (non-hydrogen) atoms. The molecule has 0 saturated heterocycles. The zero-order valence-corrected chi connectivity index (χ0v) is 63.7. The maximum atomic E-state index is 2.27. The second-order valence-corrected chi connectivity index (χ2v) is 19.6. The lowest BCUT2D eigenvalue weighted by atomic mass is 9.86. The van der Waals surface area contributed by atoms with Crippen LogP contribution in [-0.4, -0.2) is 0 Å². The van der Waals surface area contributed by atoms with E-state index in [1.165, 1.54) is 89.0 Å². The fourth-order valence-corrected chi connectivity index (χ4v) is 9.04. The van der Waals surface area contributed by atoms with E-state index in [1.54, 1.807) is 0 Å². The molecule has 10 aromatic carbocycles. The van der Waals surface area contributed by atoms with E-state index in [0.29, 0.717) is 23.7 Å². The van der Waals surface area contributed by atoms with E-state index in [0.717, 1.165) is 0 Å². The van der Waals surface area contributed by atoms with Gasteiger partial charge in [-0.3, -0.25) is 0 Å². The van der Waals surface area contributed by atoms with Crippen molar-refractivity contribution in [2.75, 3.05) is 0 Å². The molecule has 0 aliphatic carbocycles. The number of rotatable bonds is 10. The molecule has 0 spiro atoms. The van der Waals surface area contributed by atoms with Crippen LogP contribution in [0.5, 0.6) is 0 Å². The van der Waals surface area contributed by atoms with Crippen molar-refractivity contribution < 1.29 is 0 Å². The van der Waals surface area contributed by atoms with Gasteiger partial charge < -0.3 is 0 Å². The number of hydrogen-bond acceptors (Lipinski definition) is 0. The first-order chi connectivity index (χ1) is 45.1. The minimum atomic E-state index is 0.483. The van der Waals surface area contributed by atoms with Crippen LogP contribution in [0.4, 0.5) is 0 Å². The smallest absolute Gasteiger partial charge is 0.0143 e. The van der Waals surface area contributed by atoms with E-state index in [-0.39, 0.29) is 0 Å². The van der Waals surface area contributed by atoms with Crippen molar-refractivity contribution in [3.8, 4) is 66.8 Å². The van der Waals surface area contributed by atoms with Crippen molar-refractivity contribution >= 4 is 0 Å². The molecule has 0 saturated carbocycles. The molecule has 0 heterocycles. The summed E-state index contributed by atoms with van der Waals surface area (Å²) in [5.74, 6) is 2.24. The van der Waals surface area contributed by atoms with Crippen molar-refractivity contribution in [3.63, 3.8) is 0 Å². The summed E-state index contributed by atoms with van der Waals surface area (Å²) in [7, 11) is 0. The predicted octanol–water partition coefficient (Wildman–Crippen LogP) is 31.5. The molecule has 500 valence electrons. The van der Waals surface area contributed by atoms with Crippen LogP contribution < -0.4 is 0 Å². The molecule has 0 N–H and O–H groups in total. The van der Waals surface area contributed by atoms with Crippen LogP contribution in [0.25, 0.3) is 66.8 Å². The summed E-state index contributed by atoms with van der Waals surface area (Å²) in [6.45, 7) is 57.9. The van der Waals surface area contributed by atoms with Crippen LogP contribution >= 0.6 is 0 Å². The van der Waals surface area contributed by atoms with E-state index in [2.05, 4.69) is 310 Å². The first-order valence-corrected chi connectivity index (χ1v) is 35.9. The van der Waals surface area contributed by atoms with Gasteiger partial charge in [-0.1, -0.05) is 461 Å². The summed E-state index contributed by atoms with van der Waals surface area (Å²) in [5, 5.41) is 0. The van der Waals surface area contributed by atoms with Gasteiger partial charge in [-0.2, -0.15) is 0 Å². The van der Waals surface area contributed by atoms with Gasteiger partial charge in [0.2, 0.25) is 0 Å². The van der Waals surface area contributed by atoms with Gasteiger partial charge in [0.05, 0.1) is 0 Å². The van der Waals surface area contributed by atoms with Crippen molar-refractivity contribution in [2.24, 2.45) is 0 Å². The predicted molar refractivity (Wildman–Crippen MR) is 428 cm³/mol. The second kappa shape index (κ2) is 60.7. The van der Waals surface area contributed by atoms with Gasteiger partial charge in [0.1, 0.15) is 0 Å². The van der Waals surface area contributed by atoms with E-state index < -0.39 is 0 Å². The van der Waals surface area contributed by atoms with Gasteiger partial charge in [-0.15, -0.1) is 0 Å². The molecule has 0 aliphatic heterocycles. The zero-order chi connectivity index (χ0) is 70.7.